The van der Waals surface area contributed by atoms with Gasteiger partial charge in [-0.25, -0.2) is 9.36 Å². The van der Waals surface area contributed by atoms with Crippen LogP contribution in [0.25, 0.3) is 38.2 Å². The number of rotatable bonds is 5. The van der Waals surface area contributed by atoms with E-state index in [1.807, 2.05) is 53.9 Å². The van der Waals surface area contributed by atoms with E-state index in [-0.39, 0.29) is 5.56 Å². The van der Waals surface area contributed by atoms with E-state index in [0.29, 0.717) is 21.7 Å². The van der Waals surface area contributed by atoms with Gasteiger partial charge >= 0.3 is 5.69 Å². The molecule has 0 spiro atoms. The molecule has 0 aliphatic carbocycles. The first-order valence-electron chi connectivity index (χ1n) is 10.2. The fraction of sp³-hybridized carbons (Fsp3) is 0.0769. The maximum atomic E-state index is 13.5. The second-order valence-corrected chi connectivity index (χ2v) is 8.31. The number of hydrogen-bond donors (Lipinski definition) is 1. The topological polar surface area (TPSA) is 73.3 Å². The van der Waals surface area contributed by atoms with Crippen molar-refractivity contribution in [1.82, 2.24) is 9.55 Å². The Balaban J connectivity index is 1.62. The van der Waals surface area contributed by atoms with Crippen molar-refractivity contribution < 1.29 is 9.47 Å². The van der Waals surface area contributed by atoms with Crippen LogP contribution < -0.4 is 20.7 Å². The van der Waals surface area contributed by atoms with E-state index in [4.69, 9.17) is 9.47 Å². The molecule has 0 saturated heterocycles. The van der Waals surface area contributed by atoms with Crippen molar-refractivity contribution in [3.05, 3.63) is 99.0 Å². The summed E-state index contributed by atoms with van der Waals surface area (Å²) in [5, 5.41) is 2.38. The van der Waals surface area contributed by atoms with Crippen molar-refractivity contribution in [3.63, 3.8) is 0 Å². The lowest BCUT2D eigenvalue weighted by atomic mass is 10.0. The quantitative estimate of drug-likeness (QED) is 0.400. The van der Waals surface area contributed by atoms with Gasteiger partial charge in [0.25, 0.3) is 5.56 Å². The van der Waals surface area contributed by atoms with Gasteiger partial charge in [-0.2, -0.15) is 0 Å². The zero-order valence-corrected chi connectivity index (χ0v) is 18.8. The molecule has 0 unspecified atom stereocenters. The maximum absolute atomic E-state index is 13.5. The van der Waals surface area contributed by atoms with Crippen molar-refractivity contribution in [2.45, 2.75) is 0 Å². The van der Waals surface area contributed by atoms with E-state index in [1.54, 1.807) is 38.5 Å². The Kier molecular flexibility index (Phi) is 5.32. The molecular weight excluding hydrogens is 436 g/mol. The highest BCUT2D eigenvalue weighted by atomic mass is 32.1. The second kappa shape index (κ2) is 8.44. The van der Waals surface area contributed by atoms with Crippen LogP contribution in [0.4, 0.5) is 0 Å². The number of nitrogens with one attached hydrogen (secondary N) is 1. The normalized spacial score (nSPS) is 11.0. The Labute approximate surface area is 193 Å². The van der Waals surface area contributed by atoms with Gasteiger partial charge in [-0.15, -0.1) is 11.3 Å². The van der Waals surface area contributed by atoms with Gasteiger partial charge in [0.2, 0.25) is 0 Å². The van der Waals surface area contributed by atoms with E-state index in [0.717, 1.165) is 32.6 Å². The monoisotopic (exact) mass is 456 g/mol. The Morgan fingerprint density at radius 3 is 2.18 bits per heavy atom. The zero-order valence-electron chi connectivity index (χ0n) is 18.0. The fourth-order valence-electron chi connectivity index (χ4n) is 3.86. The van der Waals surface area contributed by atoms with Crippen LogP contribution in [0.2, 0.25) is 0 Å². The van der Waals surface area contributed by atoms with Crippen LogP contribution in [-0.2, 0) is 0 Å². The minimum absolute atomic E-state index is 0.366. The SMILES string of the molecule is COc1cccc(-c2ccc(-c3csc4[nH]c(=O)n(-c5cccc(OC)c5)c(=O)c34)cc2)c1. The Morgan fingerprint density at radius 1 is 0.788 bits per heavy atom. The predicted molar refractivity (Wildman–Crippen MR) is 132 cm³/mol. The lowest BCUT2D eigenvalue weighted by molar-refractivity contribution is 0.414. The van der Waals surface area contributed by atoms with Gasteiger partial charge in [0.15, 0.2) is 0 Å². The molecule has 0 aliphatic heterocycles. The largest absolute Gasteiger partial charge is 0.497 e. The first-order chi connectivity index (χ1) is 16.1. The lowest BCUT2D eigenvalue weighted by Gasteiger charge is -2.08. The highest BCUT2D eigenvalue weighted by Gasteiger charge is 2.16. The van der Waals surface area contributed by atoms with Gasteiger partial charge in [0, 0.05) is 17.0 Å². The molecule has 3 aromatic carbocycles. The first kappa shape index (κ1) is 20.8. The molecule has 5 rings (SSSR count). The second-order valence-electron chi connectivity index (χ2n) is 7.44. The Morgan fingerprint density at radius 2 is 1.45 bits per heavy atom. The zero-order chi connectivity index (χ0) is 22.9. The molecule has 164 valence electrons. The summed E-state index contributed by atoms with van der Waals surface area (Å²) in [6, 6.07) is 22.7. The van der Waals surface area contributed by atoms with Crippen molar-refractivity contribution in [2.75, 3.05) is 14.2 Å². The lowest BCUT2D eigenvalue weighted by Crippen LogP contribution is -2.33. The number of aromatic amines is 1. The molecule has 0 saturated carbocycles. The van der Waals surface area contributed by atoms with E-state index in [2.05, 4.69) is 4.98 Å². The minimum atomic E-state index is -0.484. The number of H-pyrrole nitrogens is 1. The molecule has 6 nitrogen and oxygen atoms in total. The standard InChI is InChI=1S/C26H20N2O4S/c1-31-20-7-3-5-18(13-20)16-9-11-17(12-10-16)22-15-33-24-23(22)25(29)28(26(30)27-24)19-6-4-8-21(14-19)32-2/h3-15H,1-2H3,(H,27,30). The van der Waals surface area contributed by atoms with Crippen LogP contribution in [0, 0.1) is 0 Å². The Bertz CT molecular complexity index is 1580. The number of benzene rings is 3. The molecule has 0 radical (unpaired) electrons. The molecule has 0 fully saturated rings. The van der Waals surface area contributed by atoms with E-state index >= 15 is 0 Å². The molecule has 0 amide bonds. The number of thiophene rings is 1. The van der Waals surface area contributed by atoms with Gasteiger partial charge < -0.3 is 9.47 Å². The molecule has 5 aromatic rings. The minimum Gasteiger partial charge on any atom is -0.497 e. The molecule has 1 N–H and O–H groups in total. The van der Waals surface area contributed by atoms with E-state index < -0.39 is 5.69 Å². The van der Waals surface area contributed by atoms with Gasteiger partial charge in [0.1, 0.15) is 16.3 Å². The molecule has 0 bridgehead atoms. The summed E-state index contributed by atoms with van der Waals surface area (Å²) < 4.78 is 11.7. The molecule has 33 heavy (non-hydrogen) atoms. The maximum Gasteiger partial charge on any atom is 0.334 e. The molecule has 2 heterocycles. The highest BCUT2D eigenvalue weighted by molar-refractivity contribution is 7.17. The van der Waals surface area contributed by atoms with Gasteiger partial charge in [-0.3, -0.25) is 9.78 Å². The summed E-state index contributed by atoms with van der Waals surface area (Å²) in [6.07, 6.45) is 0. The molecule has 0 aliphatic rings. The number of hydrogen-bond acceptors (Lipinski definition) is 5. The van der Waals surface area contributed by atoms with Crippen LogP contribution in [-0.4, -0.2) is 23.8 Å². The summed E-state index contributed by atoms with van der Waals surface area (Å²) in [5.74, 6) is 1.36. The van der Waals surface area contributed by atoms with Crippen LogP contribution in [0.3, 0.4) is 0 Å². The van der Waals surface area contributed by atoms with Crippen molar-refractivity contribution in [2.24, 2.45) is 0 Å². The predicted octanol–water partition coefficient (Wildman–Crippen LogP) is 5.09. The van der Waals surface area contributed by atoms with Crippen LogP contribution in [0.5, 0.6) is 11.5 Å². The average Bonchev–Trinajstić information content (AvgIpc) is 3.28. The number of ether oxygens (including phenoxy) is 2. The van der Waals surface area contributed by atoms with Crippen molar-refractivity contribution >= 4 is 21.6 Å². The number of aromatic nitrogens is 2. The van der Waals surface area contributed by atoms with Crippen molar-refractivity contribution in [1.29, 1.82) is 0 Å². The molecule has 7 heteroatoms. The van der Waals surface area contributed by atoms with E-state index in [1.165, 1.54) is 11.3 Å². The highest BCUT2D eigenvalue weighted by Crippen LogP contribution is 2.32. The van der Waals surface area contributed by atoms with Crippen LogP contribution in [0.1, 0.15) is 0 Å². The van der Waals surface area contributed by atoms with Gasteiger partial charge in [0.05, 0.1) is 25.3 Å². The average molecular weight is 457 g/mol. The van der Waals surface area contributed by atoms with Crippen LogP contribution in [0.15, 0.2) is 87.8 Å². The number of nitrogens with zero attached hydrogens (tertiary/aromatic N) is 1. The fourth-order valence-corrected chi connectivity index (χ4v) is 4.81. The third-order valence-corrected chi connectivity index (χ3v) is 6.44. The van der Waals surface area contributed by atoms with Crippen molar-refractivity contribution in [3.8, 4) is 39.4 Å². The summed E-state index contributed by atoms with van der Waals surface area (Å²) in [5.41, 5.74) is 3.37. The Hall–Kier alpha value is -4.10. The summed E-state index contributed by atoms with van der Waals surface area (Å²) in [6.45, 7) is 0. The first-order valence-corrected chi connectivity index (χ1v) is 11.1. The summed E-state index contributed by atoms with van der Waals surface area (Å²) in [4.78, 5) is 29.6. The summed E-state index contributed by atoms with van der Waals surface area (Å²) in [7, 11) is 3.19. The van der Waals surface area contributed by atoms with Gasteiger partial charge in [-0.05, 0) is 41.0 Å². The molecular formula is C26H20N2O4S. The van der Waals surface area contributed by atoms with Crippen LogP contribution >= 0.6 is 11.3 Å². The number of methoxy groups -OCH3 is 2. The summed E-state index contributed by atoms with van der Waals surface area (Å²) >= 11 is 1.34. The van der Waals surface area contributed by atoms with E-state index in [9.17, 15) is 9.59 Å². The third-order valence-electron chi connectivity index (χ3n) is 5.54. The molecule has 0 atom stereocenters. The molecule has 2 aromatic heterocycles. The third kappa shape index (κ3) is 3.72. The van der Waals surface area contributed by atoms with Gasteiger partial charge in [-0.1, -0.05) is 42.5 Å². The number of fused-ring (bicyclic) bond motifs is 1. The smallest absolute Gasteiger partial charge is 0.334 e.